The van der Waals surface area contributed by atoms with Gasteiger partial charge >= 0.3 is 5.97 Å². The maximum absolute atomic E-state index is 13.9. The minimum Gasteiger partial charge on any atom is -0.487 e. The fourth-order valence-corrected chi connectivity index (χ4v) is 7.49. The third-order valence-corrected chi connectivity index (χ3v) is 9.85. The van der Waals surface area contributed by atoms with Crippen molar-refractivity contribution >= 4 is 5.97 Å². The zero-order valence-electron chi connectivity index (χ0n) is 25.7. The molecule has 5 rings (SSSR count). The zero-order valence-corrected chi connectivity index (χ0v) is 25.7. The molecule has 2 aliphatic heterocycles. The molecule has 0 radical (unpaired) electrons. The predicted molar refractivity (Wildman–Crippen MR) is 163 cm³/mol. The number of benzene rings is 2. The fraction of sp³-hybridized carbons (Fsp3) is 0.583. The van der Waals surface area contributed by atoms with E-state index in [1.807, 2.05) is 12.1 Å². The van der Waals surface area contributed by atoms with Crippen LogP contribution in [0.2, 0.25) is 0 Å². The molecule has 1 aliphatic carbocycles. The van der Waals surface area contributed by atoms with Gasteiger partial charge in [-0.05, 0) is 114 Å². The van der Waals surface area contributed by atoms with Crippen LogP contribution < -0.4 is 9.47 Å². The summed E-state index contributed by atoms with van der Waals surface area (Å²) in [7, 11) is 0. The molecule has 5 heteroatoms. The SMILES string of the molecule is CCCC(C)(c1ccc(F)cc1)c1cc(OC(=O)CCCN2CCCCC2)c2c(c1)OC(C)(C)C1CCC(C)=CC21. The molecule has 1 saturated heterocycles. The number of nitrogens with zero attached hydrogens (tertiary/aromatic N) is 1. The van der Waals surface area contributed by atoms with Crippen LogP contribution in [0.3, 0.4) is 0 Å². The standard InChI is InChI=1S/C36H48FNO3/c1-6-18-36(5,26-13-15-28(37)16-14-26)27-23-31(40-33(39)11-10-21-38-19-8-7-9-20-38)34-29-22-25(2)12-17-30(29)35(3,4)41-32(34)24-27/h13-16,22-24,29-30H,6-12,17-21H2,1-5H3. The average molecular weight is 562 g/mol. The van der Waals surface area contributed by atoms with Crippen molar-refractivity contribution in [1.82, 2.24) is 4.90 Å². The minimum atomic E-state index is -0.393. The number of esters is 1. The number of hydrogen-bond acceptors (Lipinski definition) is 4. The van der Waals surface area contributed by atoms with Crippen molar-refractivity contribution in [1.29, 1.82) is 0 Å². The summed E-state index contributed by atoms with van der Waals surface area (Å²) in [6, 6.07) is 11.1. The first kappa shape index (κ1) is 29.8. The van der Waals surface area contributed by atoms with E-state index in [9.17, 15) is 9.18 Å². The van der Waals surface area contributed by atoms with Crippen LogP contribution in [0, 0.1) is 11.7 Å². The molecule has 2 aromatic rings. The Kier molecular flexibility index (Phi) is 8.94. The van der Waals surface area contributed by atoms with Crippen molar-refractivity contribution in [3.8, 4) is 11.5 Å². The highest BCUT2D eigenvalue weighted by Crippen LogP contribution is 2.55. The summed E-state index contributed by atoms with van der Waals surface area (Å²) in [4.78, 5) is 15.8. The number of piperidine rings is 1. The molecule has 2 heterocycles. The molecule has 2 aromatic carbocycles. The van der Waals surface area contributed by atoms with E-state index in [0.717, 1.165) is 74.2 Å². The lowest BCUT2D eigenvalue weighted by Crippen LogP contribution is -2.45. The molecule has 0 N–H and O–H groups in total. The predicted octanol–water partition coefficient (Wildman–Crippen LogP) is 8.71. The second-order valence-corrected chi connectivity index (χ2v) is 13.3. The smallest absolute Gasteiger partial charge is 0.311 e. The van der Waals surface area contributed by atoms with Gasteiger partial charge in [0.25, 0.3) is 0 Å². The molecule has 0 aromatic heterocycles. The van der Waals surface area contributed by atoms with Crippen LogP contribution in [0.5, 0.6) is 11.5 Å². The van der Waals surface area contributed by atoms with E-state index in [2.05, 4.69) is 57.7 Å². The summed E-state index contributed by atoms with van der Waals surface area (Å²) in [6.07, 6.45) is 11.3. The lowest BCUT2D eigenvalue weighted by Gasteiger charge is -2.47. The highest BCUT2D eigenvalue weighted by atomic mass is 19.1. The summed E-state index contributed by atoms with van der Waals surface area (Å²) >= 11 is 0. The van der Waals surface area contributed by atoms with Crippen molar-refractivity contribution in [3.05, 3.63) is 70.6 Å². The Morgan fingerprint density at radius 1 is 1.12 bits per heavy atom. The number of ether oxygens (including phenoxy) is 2. The zero-order chi connectivity index (χ0) is 29.2. The van der Waals surface area contributed by atoms with Gasteiger partial charge in [-0.1, -0.05) is 50.5 Å². The molecule has 1 fully saturated rings. The van der Waals surface area contributed by atoms with Crippen LogP contribution >= 0.6 is 0 Å². The average Bonchev–Trinajstić information content (AvgIpc) is 2.93. The second kappa shape index (κ2) is 12.3. The minimum absolute atomic E-state index is 0.135. The summed E-state index contributed by atoms with van der Waals surface area (Å²) in [5.41, 5.74) is 3.71. The largest absolute Gasteiger partial charge is 0.487 e. The van der Waals surface area contributed by atoms with E-state index in [0.29, 0.717) is 18.1 Å². The molecule has 41 heavy (non-hydrogen) atoms. The van der Waals surface area contributed by atoms with Crippen LogP contribution in [0.25, 0.3) is 0 Å². The number of likely N-dealkylation sites (tertiary alicyclic amines) is 1. The van der Waals surface area contributed by atoms with E-state index in [1.54, 1.807) is 0 Å². The van der Waals surface area contributed by atoms with Crippen molar-refractivity contribution < 1.29 is 18.7 Å². The van der Waals surface area contributed by atoms with Crippen LogP contribution in [0.4, 0.5) is 4.39 Å². The van der Waals surface area contributed by atoms with Crippen LogP contribution in [-0.2, 0) is 10.2 Å². The van der Waals surface area contributed by atoms with E-state index in [-0.39, 0.29) is 23.3 Å². The van der Waals surface area contributed by atoms with E-state index in [4.69, 9.17) is 9.47 Å². The number of hydrogen-bond donors (Lipinski definition) is 0. The highest BCUT2D eigenvalue weighted by Gasteiger charge is 2.46. The number of rotatable bonds is 9. The maximum Gasteiger partial charge on any atom is 0.311 e. The van der Waals surface area contributed by atoms with Crippen LogP contribution in [0.1, 0.15) is 115 Å². The number of allylic oxidation sites excluding steroid dienone is 2. The first-order valence-corrected chi connectivity index (χ1v) is 15.8. The van der Waals surface area contributed by atoms with Gasteiger partial charge in [-0.15, -0.1) is 0 Å². The Morgan fingerprint density at radius 3 is 2.56 bits per heavy atom. The second-order valence-electron chi connectivity index (χ2n) is 13.3. The fourth-order valence-electron chi connectivity index (χ4n) is 7.49. The van der Waals surface area contributed by atoms with Crippen molar-refractivity contribution in [2.75, 3.05) is 19.6 Å². The van der Waals surface area contributed by atoms with E-state index < -0.39 is 5.41 Å². The molecule has 0 amide bonds. The molecule has 3 unspecified atom stereocenters. The summed E-state index contributed by atoms with van der Waals surface area (Å²) in [6.45, 7) is 14.2. The van der Waals surface area contributed by atoms with Gasteiger partial charge in [-0.3, -0.25) is 4.79 Å². The quantitative estimate of drug-likeness (QED) is 0.174. The molecule has 222 valence electrons. The summed E-state index contributed by atoms with van der Waals surface area (Å²) in [5, 5.41) is 0. The lowest BCUT2D eigenvalue weighted by molar-refractivity contribution is -0.134. The van der Waals surface area contributed by atoms with Crippen molar-refractivity contribution in [2.24, 2.45) is 5.92 Å². The van der Waals surface area contributed by atoms with Crippen LogP contribution in [-0.4, -0.2) is 36.1 Å². The Labute approximate surface area is 246 Å². The monoisotopic (exact) mass is 561 g/mol. The Morgan fingerprint density at radius 2 is 1.85 bits per heavy atom. The molecule has 3 atom stereocenters. The summed E-state index contributed by atoms with van der Waals surface area (Å²) in [5.74, 6) is 1.45. The number of fused-ring (bicyclic) bond motifs is 3. The van der Waals surface area contributed by atoms with E-state index in [1.165, 1.54) is 37.0 Å². The lowest BCUT2D eigenvalue weighted by atomic mass is 9.67. The van der Waals surface area contributed by atoms with Crippen molar-refractivity contribution in [2.45, 2.75) is 109 Å². The van der Waals surface area contributed by atoms with E-state index >= 15 is 0 Å². The van der Waals surface area contributed by atoms with Gasteiger partial charge in [0.05, 0.1) is 0 Å². The Balaban J connectivity index is 1.53. The van der Waals surface area contributed by atoms with Gasteiger partial charge in [-0.25, -0.2) is 4.39 Å². The molecule has 0 bridgehead atoms. The summed E-state index contributed by atoms with van der Waals surface area (Å²) < 4.78 is 27.0. The molecule has 0 spiro atoms. The first-order valence-electron chi connectivity index (χ1n) is 15.8. The first-order chi connectivity index (χ1) is 19.6. The van der Waals surface area contributed by atoms with Crippen molar-refractivity contribution in [3.63, 3.8) is 0 Å². The van der Waals surface area contributed by atoms with Gasteiger partial charge in [0.15, 0.2) is 0 Å². The molecule has 3 aliphatic rings. The third kappa shape index (κ3) is 6.40. The number of carbonyl (C=O) groups is 1. The highest BCUT2D eigenvalue weighted by molar-refractivity contribution is 5.74. The molecule has 4 nitrogen and oxygen atoms in total. The number of halogens is 1. The van der Waals surface area contributed by atoms with Gasteiger partial charge in [-0.2, -0.15) is 0 Å². The molecular formula is C36H48FNO3. The van der Waals surface area contributed by atoms with Crippen LogP contribution in [0.15, 0.2) is 48.0 Å². The maximum atomic E-state index is 13.9. The molecule has 0 saturated carbocycles. The third-order valence-electron chi connectivity index (χ3n) is 9.85. The Hall–Kier alpha value is -2.66. The van der Waals surface area contributed by atoms with Gasteiger partial charge in [0.2, 0.25) is 0 Å². The Bertz CT molecular complexity index is 1260. The topological polar surface area (TPSA) is 38.8 Å². The molecular weight excluding hydrogens is 513 g/mol. The van der Waals surface area contributed by atoms with Gasteiger partial charge in [0, 0.05) is 29.2 Å². The normalized spacial score (nSPS) is 23.4. The van der Waals surface area contributed by atoms with Gasteiger partial charge in [0.1, 0.15) is 22.9 Å². The van der Waals surface area contributed by atoms with Gasteiger partial charge < -0.3 is 14.4 Å². The number of carbonyl (C=O) groups excluding carboxylic acids is 1.